The van der Waals surface area contributed by atoms with Crippen LogP contribution in [0, 0.1) is 12.8 Å². The van der Waals surface area contributed by atoms with Gasteiger partial charge in [0, 0.05) is 13.5 Å². The molecule has 1 saturated heterocycles. The Labute approximate surface area is 113 Å². The molecule has 1 fully saturated rings. The predicted octanol–water partition coefficient (Wildman–Crippen LogP) is 2.38. The summed E-state index contributed by atoms with van der Waals surface area (Å²) in [5.41, 5.74) is 1.98. The summed E-state index contributed by atoms with van der Waals surface area (Å²) in [6.45, 7) is 1.97. The minimum absolute atomic E-state index is 0.0234. The maximum Gasteiger partial charge on any atom is 0.308 e. The van der Waals surface area contributed by atoms with Crippen LogP contribution in [0.1, 0.15) is 36.4 Å². The Hall–Kier alpha value is -1.84. The third-order valence-corrected chi connectivity index (χ3v) is 3.80. The van der Waals surface area contributed by atoms with Crippen molar-refractivity contribution >= 4 is 11.9 Å². The highest BCUT2D eigenvalue weighted by Crippen LogP contribution is 2.35. The lowest BCUT2D eigenvalue weighted by atomic mass is 9.89. The molecule has 19 heavy (non-hydrogen) atoms. The molecular formula is C15H19NO3. The van der Waals surface area contributed by atoms with Crippen molar-refractivity contribution in [3.63, 3.8) is 0 Å². The van der Waals surface area contributed by atoms with Crippen molar-refractivity contribution in [1.82, 2.24) is 4.90 Å². The fraction of sp³-hybridized carbons (Fsp3) is 0.467. The quantitative estimate of drug-likeness (QED) is 0.889. The second kappa shape index (κ2) is 5.43. The Morgan fingerprint density at radius 1 is 1.42 bits per heavy atom. The van der Waals surface area contributed by atoms with Crippen LogP contribution >= 0.6 is 0 Å². The number of hydrogen-bond acceptors (Lipinski definition) is 2. The molecular weight excluding hydrogens is 242 g/mol. The Morgan fingerprint density at radius 2 is 2.16 bits per heavy atom. The summed E-state index contributed by atoms with van der Waals surface area (Å²) in [4.78, 5) is 25.1. The highest BCUT2D eigenvalue weighted by atomic mass is 16.4. The first-order valence-corrected chi connectivity index (χ1v) is 6.55. The Kier molecular flexibility index (Phi) is 3.88. The molecule has 1 aromatic rings. The van der Waals surface area contributed by atoms with Gasteiger partial charge in [-0.1, -0.05) is 29.8 Å². The van der Waals surface area contributed by atoms with E-state index in [9.17, 15) is 14.7 Å². The van der Waals surface area contributed by atoms with Gasteiger partial charge in [0.25, 0.3) is 0 Å². The fourth-order valence-electron chi connectivity index (χ4n) is 2.80. The number of carboxylic acid groups (broad SMARTS) is 1. The zero-order chi connectivity index (χ0) is 14.0. The Bertz CT molecular complexity index is 498. The first-order valence-electron chi connectivity index (χ1n) is 6.55. The first kappa shape index (κ1) is 13.6. The maximum absolute atomic E-state index is 12.0. The van der Waals surface area contributed by atoms with Crippen LogP contribution in [0.2, 0.25) is 0 Å². The van der Waals surface area contributed by atoms with E-state index in [-0.39, 0.29) is 11.9 Å². The van der Waals surface area contributed by atoms with Crippen LogP contribution in [0.15, 0.2) is 24.3 Å². The summed E-state index contributed by atoms with van der Waals surface area (Å²) in [5, 5.41) is 9.43. The number of hydrogen-bond donors (Lipinski definition) is 1. The van der Waals surface area contributed by atoms with Crippen molar-refractivity contribution in [1.29, 1.82) is 0 Å². The van der Waals surface area contributed by atoms with Gasteiger partial charge in [-0.3, -0.25) is 9.59 Å². The van der Waals surface area contributed by atoms with E-state index in [1.807, 2.05) is 31.2 Å². The van der Waals surface area contributed by atoms with Crippen LogP contribution in [0.25, 0.3) is 0 Å². The molecule has 1 heterocycles. The van der Waals surface area contributed by atoms with Gasteiger partial charge >= 0.3 is 5.97 Å². The molecule has 1 aliphatic heterocycles. The van der Waals surface area contributed by atoms with Crippen LogP contribution in [0.3, 0.4) is 0 Å². The summed E-state index contributed by atoms with van der Waals surface area (Å²) in [6, 6.07) is 7.38. The van der Waals surface area contributed by atoms with E-state index in [4.69, 9.17) is 0 Å². The van der Waals surface area contributed by atoms with Crippen molar-refractivity contribution in [2.75, 3.05) is 7.05 Å². The second-order valence-corrected chi connectivity index (χ2v) is 5.20. The minimum atomic E-state index is -0.826. The van der Waals surface area contributed by atoms with Crippen molar-refractivity contribution in [3.05, 3.63) is 35.4 Å². The number of carbonyl (C=O) groups excluding carboxylic acids is 1. The molecule has 1 aliphatic rings. The normalized spacial score (nSPS) is 24.1. The molecule has 1 amide bonds. The smallest absolute Gasteiger partial charge is 0.308 e. The molecule has 0 bridgehead atoms. The number of benzene rings is 1. The Morgan fingerprint density at radius 3 is 2.79 bits per heavy atom. The lowest BCUT2D eigenvalue weighted by Crippen LogP contribution is -2.36. The zero-order valence-corrected chi connectivity index (χ0v) is 11.3. The van der Waals surface area contributed by atoms with Gasteiger partial charge in [-0.2, -0.15) is 0 Å². The third kappa shape index (κ3) is 2.78. The van der Waals surface area contributed by atoms with Crippen LogP contribution in [0.4, 0.5) is 0 Å². The molecule has 0 spiro atoms. The van der Waals surface area contributed by atoms with E-state index >= 15 is 0 Å². The van der Waals surface area contributed by atoms with Gasteiger partial charge in [0.2, 0.25) is 5.91 Å². The summed E-state index contributed by atoms with van der Waals surface area (Å²) in [7, 11) is 1.70. The lowest BCUT2D eigenvalue weighted by molar-refractivity contribution is -0.145. The van der Waals surface area contributed by atoms with Crippen molar-refractivity contribution < 1.29 is 14.7 Å². The molecule has 2 atom stereocenters. The number of rotatable bonds is 2. The van der Waals surface area contributed by atoms with Crippen LogP contribution in [-0.4, -0.2) is 28.9 Å². The van der Waals surface area contributed by atoms with Crippen LogP contribution < -0.4 is 0 Å². The monoisotopic (exact) mass is 261 g/mol. The van der Waals surface area contributed by atoms with Gasteiger partial charge in [-0.05, 0) is 25.3 Å². The van der Waals surface area contributed by atoms with Gasteiger partial charge in [0.1, 0.15) is 0 Å². The van der Waals surface area contributed by atoms with Gasteiger partial charge in [-0.25, -0.2) is 0 Å². The highest BCUT2D eigenvalue weighted by Gasteiger charge is 2.36. The Balaban J connectivity index is 2.44. The van der Waals surface area contributed by atoms with E-state index in [0.717, 1.165) is 11.1 Å². The predicted molar refractivity (Wildman–Crippen MR) is 71.7 cm³/mol. The molecule has 1 aromatic carbocycles. The molecule has 2 unspecified atom stereocenters. The van der Waals surface area contributed by atoms with E-state index in [0.29, 0.717) is 19.3 Å². The number of carbonyl (C=O) groups is 2. The third-order valence-electron chi connectivity index (χ3n) is 3.80. The van der Waals surface area contributed by atoms with Gasteiger partial charge in [0.15, 0.2) is 0 Å². The number of amides is 1. The van der Waals surface area contributed by atoms with E-state index in [2.05, 4.69) is 0 Å². The average Bonchev–Trinajstić information content (AvgIpc) is 2.50. The summed E-state index contributed by atoms with van der Waals surface area (Å²) in [6.07, 6.45) is 1.62. The van der Waals surface area contributed by atoms with Gasteiger partial charge in [0.05, 0.1) is 12.0 Å². The highest BCUT2D eigenvalue weighted by molar-refractivity contribution is 5.79. The maximum atomic E-state index is 12.0. The topological polar surface area (TPSA) is 57.6 Å². The molecule has 0 aliphatic carbocycles. The molecule has 4 nitrogen and oxygen atoms in total. The second-order valence-electron chi connectivity index (χ2n) is 5.20. The van der Waals surface area contributed by atoms with Gasteiger partial charge < -0.3 is 10.0 Å². The van der Waals surface area contributed by atoms with E-state index in [1.165, 1.54) is 0 Å². The summed E-state index contributed by atoms with van der Waals surface area (Å²) < 4.78 is 0. The minimum Gasteiger partial charge on any atom is -0.481 e. The van der Waals surface area contributed by atoms with E-state index < -0.39 is 11.9 Å². The zero-order valence-electron chi connectivity index (χ0n) is 11.3. The van der Waals surface area contributed by atoms with Gasteiger partial charge in [-0.15, -0.1) is 0 Å². The molecule has 1 N–H and O–H groups in total. The SMILES string of the molecule is Cc1cccc(C2C(C(=O)O)CCCC(=O)N2C)c1. The van der Waals surface area contributed by atoms with Crippen molar-refractivity contribution in [3.8, 4) is 0 Å². The first-order chi connectivity index (χ1) is 9.00. The van der Waals surface area contributed by atoms with Crippen molar-refractivity contribution in [2.24, 2.45) is 5.92 Å². The number of aliphatic carboxylic acids is 1. The summed E-state index contributed by atoms with van der Waals surface area (Å²) in [5.74, 6) is -1.33. The summed E-state index contributed by atoms with van der Waals surface area (Å²) >= 11 is 0. The standard InChI is InChI=1S/C15H19NO3/c1-10-5-3-6-11(9-10)14-12(15(18)19)7-4-8-13(17)16(14)2/h3,5-6,9,12,14H,4,7-8H2,1-2H3,(H,18,19). The number of carboxylic acids is 1. The number of nitrogens with zero attached hydrogens (tertiary/aromatic N) is 1. The molecule has 0 saturated carbocycles. The molecule has 0 radical (unpaired) electrons. The van der Waals surface area contributed by atoms with Crippen LogP contribution in [0.5, 0.6) is 0 Å². The van der Waals surface area contributed by atoms with Crippen molar-refractivity contribution in [2.45, 2.75) is 32.2 Å². The number of aryl methyl sites for hydroxylation is 1. The molecule has 2 rings (SSSR count). The fourth-order valence-corrected chi connectivity index (χ4v) is 2.80. The molecule has 0 aromatic heterocycles. The van der Waals surface area contributed by atoms with Crippen LogP contribution in [-0.2, 0) is 9.59 Å². The molecule has 4 heteroatoms. The number of likely N-dealkylation sites (tertiary alicyclic amines) is 1. The average molecular weight is 261 g/mol. The lowest BCUT2D eigenvalue weighted by Gasteiger charge is -2.31. The molecule has 102 valence electrons. The van der Waals surface area contributed by atoms with E-state index in [1.54, 1.807) is 11.9 Å². The largest absolute Gasteiger partial charge is 0.481 e.